The SMILES string of the molecule is CNc1cccc(-c2cccc(NC(=O)c3cc(OC)c(CN4CC[C@H](O)C4)cn3)c2C)c1C. The largest absolute Gasteiger partial charge is 0.496 e. The highest BCUT2D eigenvalue weighted by Crippen LogP contribution is 2.34. The Morgan fingerprint density at radius 3 is 2.44 bits per heavy atom. The van der Waals surface area contributed by atoms with Gasteiger partial charge in [-0.2, -0.15) is 0 Å². The summed E-state index contributed by atoms with van der Waals surface area (Å²) in [5, 5.41) is 16.0. The van der Waals surface area contributed by atoms with Gasteiger partial charge < -0.3 is 20.5 Å². The minimum atomic E-state index is -0.289. The summed E-state index contributed by atoms with van der Waals surface area (Å²) in [6, 6.07) is 13.8. The maximum atomic E-state index is 13.1. The topological polar surface area (TPSA) is 86.7 Å². The fourth-order valence-corrected chi connectivity index (χ4v) is 4.54. The summed E-state index contributed by atoms with van der Waals surface area (Å²) >= 11 is 0. The summed E-state index contributed by atoms with van der Waals surface area (Å²) < 4.78 is 5.54. The number of aliphatic hydroxyl groups excluding tert-OH is 1. The number of hydrogen-bond donors (Lipinski definition) is 3. The van der Waals surface area contributed by atoms with Gasteiger partial charge in [0.2, 0.25) is 0 Å². The number of likely N-dealkylation sites (tertiary alicyclic amines) is 1. The second-order valence-corrected chi connectivity index (χ2v) is 8.72. The molecule has 7 nitrogen and oxygen atoms in total. The maximum absolute atomic E-state index is 13.1. The van der Waals surface area contributed by atoms with Crippen molar-refractivity contribution in [3.05, 3.63) is 71.0 Å². The van der Waals surface area contributed by atoms with Gasteiger partial charge in [-0.05, 0) is 54.7 Å². The van der Waals surface area contributed by atoms with Crippen molar-refractivity contribution in [3.8, 4) is 16.9 Å². The highest BCUT2D eigenvalue weighted by Gasteiger charge is 2.22. The van der Waals surface area contributed by atoms with Crippen molar-refractivity contribution in [1.82, 2.24) is 9.88 Å². The maximum Gasteiger partial charge on any atom is 0.274 e. The van der Waals surface area contributed by atoms with E-state index in [1.807, 2.05) is 38.2 Å². The zero-order chi connectivity index (χ0) is 24.2. The summed E-state index contributed by atoms with van der Waals surface area (Å²) in [6.07, 6.45) is 2.18. The summed E-state index contributed by atoms with van der Waals surface area (Å²) in [6.45, 7) is 6.20. The van der Waals surface area contributed by atoms with Crippen LogP contribution in [0.1, 0.15) is 33.6 Å². The predicted molar refractivity (Wildman–Crippen MR) is 136 cm³/mol. The summed E-state index contributed by atoms with van der Waals surface area (Å²) in [4.78, 5) is 19.6. The molecule has 0 saturated carbocycles. The molecule has 1 saturated heterocycles. The number of benzene rings is 2. The molecule has 34 heavy (non-hydrogen) atoms. The smallest absolute Gasteiger partial charge is 0.274 e. The number of amides is 1. The molecule has 1 aromatic heterocycles. The Morgan fingerprint density at radius 1 is 1.15 bits per heavy atom. The van der Waals surface area contributed by atoms with Crippen LogP contribution in [-0.4, -0.2) is 54.2 Å². The van der Waals surface area contributed by atoms with Crippen LogP contribution in [0.5, 0.6) is 5.75 Å². The lowest BCUT2D eigenvalue weighted by atomic mass is 9.94. The number of rotatable bonds is 7. The number of anilines is 2. The minimum Gasteiger partial charge on any atom is -0.496 e. The average Bonchev–Trinajstić information content (AvgIpc) is 3.25. The highest BCUT2D eigenvalue weighted by molar-refractivity contribution is 6.04. The normalized spacial score (nSPS) is 15.9. The molecule has 1 atom stereocenters. The van der Waals surface area contributed by atoms with Crippen LogP contribution < -0.4 is 15.4 Å². The molecule has 1 amide bonds. The van der Waals surface area contributed by atoms with E-state index in [1.54, 1.807) is 19.4 Å². The van der Waals surface area contributed by atoms with Gasteiger partial charge in [-0.15, -0.1) is 0 Å². The summed E-state index contributed by atoms with van der Waals surface area (Å²) in [5.41, 5.74) is 7.34. The van der Waals surface area contributed by atoms with Crippen LogP contribution in [0.25, 0.3) is 11.1 Å². The molecule has 0 radical (unpaired) electrons. The molecule has 7 heteroatoms. The number of β-amino-alcohol motifs (C(OH)–C–C–N with tert-alkyl or cyclic N) is 1. The number of carbonyl (C=O) groups is 1. The Hall–Kier alpha value is -3.42. The molecule has 1 aliphatic rings. The Balaban J connectivity index is 1.56. The lowest BCUT2D eigenvalue weighted by molar-refractivity contribution is 0.102. The Morgan fingerprint density at radius 2 is 1.82 bits per heavy atom. The number of nitrogens with zero attached hydrogens (tertiary/aromatic N) is 2. The number of nitrogens with one attached hydrogen (secondary N) is 2. The average molecular weight is 461 g/mol. The number of pyridine rings is 1. The molecule has 3 aromatic rings. The molecule has 0 spiro atoms. The molecule has 1 aliphatic heterocycles. The van der Waals surface area contributed by atoms with Crippen molar-refractivity contribution in [2.75, 3.05) is 37.9 Å². The fourth-order valence-electron chi connectivity index (χ4n) is 4.54. The van der Waals surface area contributed by atoms with E-state index in [4.69, 9.17) is 4.74 Å². The molecule has 2 heterocycles. The van der Waals surface area contributed by atoms with E-state index < -0.39 is 0 Å². The first-order valence-corrected chi connectivity index (χ1v) is 11.5. The van der Waals surface area contributed by atoms with Crippen molar-refractivity contribution in [1.29, 1.82) is 0 Å². The van der Waals surface area contributed by atoms with Gasteiger partial charge in [-0.1, -0.05) is 24.3 Å². The van der Waals surface area contributed by atoms with Crippen molar-refractivity contribution in [2.24, 2.45) is 0 Å². The molecule has 3 N–H and O–H groups in total. The predicted octanol–water partition coefficient (Wildman–Crippen LogP) is 4.23. The third kappa shape index (κ3) is 4.90. The monoisotopic (exact) mass is 460 g/mol. The molecular formula is C27H32N4O3. The van der Waals surface area contributed by atoms with Crippen molar-refractivity contribution >= 4 is 17.3 Å². The van der Waals surface area contributed by atoms with Gasteiger partial charge in [0, 0.05) is 55.9 Å². The number of carbonyl (C=O) groups excluding carboxylic acids is 1. The fraction of sp³-hybridized carbons (Fsp3) is 0.333. The van der Waals surface area contributed by atoms with Crippen LogP contribution >= 0.6 is 0 Å². The molecule has 1 fully saturated rings. The van der Waals surface area contributed by atoms with Crippen LogP contribution in [0.15, 0.2) is 48.7 Å². The first-order valence-electron chi connectivity index (χ1n) is 11.5. The molecule has 178 valence electrons. The molecule has 0 unspecified atom stereocenters. The van der Waals surface area contributed by atoms with Crippen LogP contribution in [-0.2, 0) is 6.54 Å². The Bertz CT molecular complexity index is 1190. The summed E-state index contributed by atoms with van der Waals surface area (Å²) in [7, 11) is 3.51. The van der Waals surface area contributed by atoms with E-state index in [0.717, 1.165) is 52.2 Å². The quantitative estimate of drug-likeness (QED) is 0.489. The second kappa shape index (κ2) is 10.2. The second-order valence-electron chi connectivity index (χ2n) is 8.72. The summed E-state index contributed by atoms with van der Waals surface area (Å²) in [5.74, 6) is 0.328. The van der Waals surface area contributed by atoms with Crippen LogP contribution in [0.2, 0.25) is 0 Å². The molecule has 4 rings (SSSR count). The van der Waals surface area contributed by atoms with E-state index in [0.29, 0.717) is 24.5 Å². The molecule has 2 aromatic carbocycles. The number of hydrogen-bond acceptors (Lipinski definition) is 6. The number of aliphatic hydroxyl groups is 1. The lowest BCUT2D eigenvalue weighted by Crippen LogP contribution is -2.22. The first kappa shape index (κ1) is 23.7. The van der Waals surface area contributed by atoms with Crippen molar-refractivity contribution in [3.63, 3.8) is 0 Å². The zero-order valence-electron chi connectivity index (χ0n) is 20.2. The molecular weight excluding hydrogens is 428 g/mol. The number of aromatic nitrogens is 1. The molecule has 0 bridgehead atoms. The van der Waals surface area contributed by atoms with E-state index in [9.17, 15) is 9.90 Å². The first-order chi connectivity index (χ1) is 16.4. The van der Waals surface area contributed by atoms with Gasteiger partial charge in [0.15, 0.2) is 0 Å². The number of methoxy groups -OCH3 is 1. The molecule has 0 aliphatic carbocycles. The Kier molecular flexibility index (Phi) is 7.14. The van der Waals surface area contributed by atoms with Gasteiger partial charge in [-0.3, -0.25) is 14.7 Å². The van der Waals surface area contributed by atoms with E-state index in [1.165, 1.54) is 0 Å². The van der Waals surface area contributed by atoms with Crippen molar-refractivity contribution < 1.29 is 14.6 Å². The van der Waals surface area contributed by atoms with Crippen LogP contribution in [0.3, 0.4) is 0 Å². The van der Waals surface area contributed by atoms with Crippen LogP contribution in [0.4, 0.5) is 11.4 Å². The van der Waals surface area contributed by atoms with Crippen LogP contribution in [0, 0.1) is 13.8 Å². The van der Waals surface area contributed by atoms with E-state index >= 15 is 0 Å². The standard InChI is InChI=1S/C27H32N4O3/c1-17-21(7-5-9-23(17)28-3)22-8-6-10-24(18(22)2)30-27(33)25-13-26(34-4)19(14-29-25)15-31-12-11-20(32)16-31/h5-10,13-14,20,28,32H,11-12,15-16H2,1-4H3,(H,30,33)/t20-/m0/s1. The highest BCUT2D eigenvalue weighted by atomic mass is 16.5. The Labute approximate surface area is 200 Å². The van der Waals surface area contributed by atoms with E-state index in [2.05, 4.69) is 39.6 Å². The third-order valence-corrected chi connectivity index (χ3v) is 6.51. The lowest BCUT2D eigenvalue weighted by Gasteiger charge is -2.18. The minimum absolute atomic E-state index is 0.285. The van der Waals surface area contributed by atoms with Gasteiger partial charge in [0.1, 0.15) is 11.4 Å². The van der Waals surface area contributed by atoms with E-state index in [-0.39, 0.29) is 12.0 Å². The number of ether oxygens (including phenoxy) is 1. The third-order valence-electron chi connectivity index (χ3n) is 6.51. The van der Waals surface area contributed by atoms with Crippen molar-refractivity contribution in [2.45, 2.75) is 32.9 Å². The van der Waals surface area contributed by atoms with Gasteiger partial charge >= 0.3 is 0 Å². The zero-order valence-corrected chi connectivity index (χ0v) is 20.2. The van der Waals surface area contributed by atoms with Gasteiger partial charge in [0.25, 0.3) is 5.91 Å². The van der Waals surface area contributed by atoms with Gasteiger partial charge in [-0.25, -0.2) is 0 Å². The van der Waals surface area contributed by atoms with Gasteiger partial charge in [0.05, 0.1) is 13.2 Å².